The van der Waals surface area contributed by atoms with Gasteiger partial charge in [-0.3, -0.25) is 0 Å². The quantitative estimate of drug-likeness (QED) is 0.188. The van der Waals surface area contributed by atoms with Crippen molar-refractivity contribution in [2.24, 2.45) is 9.98 Å². The predicted octanol–water partition coefficient (Wildman–Crippen LogP) is 10.4. The molecule has 47 heavy (non-hydrogen) atoms. The summed E-state index contributed by atoms with van der Waals surface area (Å²) in [4.78, 5) is 11.5. The smallest absolute Gasteiger partial charge is 0.159 e. The number of hydrogen-bond donors (Lipinski definition) is 2. The van der Waals surface area contributed by atoms with Gasteiger partial charge in [-0.2, -0.15) is 0 Å². The number of nitrogens with zero attached hydrogens (tertiary/aromatic N) is 2. The molecule has 7 aromatic carbocycles. The Bertz CT molecular complexity index is 2320. The first-order chi connectivity index (χ1) is 23.3. The Labute approximate surface area is 277 Å². The number of fused-ring (bicyclic) bond motifs is 5. The highest BCUT2D eigenvalue weighted by molar-refractivity contribution is 8.00. The van der Waals surface area contributed by atoms with Gasteiger partial charge in [0.25, 0.3) is 0 Å². The summed E-state index contributed by atoms with van der Waals surface area (Å²) in [6.45, 7) is 0. The molecule has 0 aromatic heterocycles. The van der Waals surface area contributed by atoms with Gasteiger partial charge in [-0.05, 0) is 50.5 Å². The maximum Gasteiger partial charge on any atom is 0.159 e. The van der Waals surface area contributed by atoms with E-state index in [0.29, 0.717) is 0 Å². The Hall–Kier alpha value is -5.65. The van der Waals surface area contributed by atoms with Crippen LogP contribution in [0.2, 0.25) is 0 Å². The molecule has 0 fully saturated rings. The number of nitrogens with one attached hydrogen (secondary N) is 2. The lowest BCUT2D eigenvalue weighted by atomic mass is 9.97. The molecular formula is C42H30N4S. The van der Waals surface area contributed by atoms with Crippen molar-refractivity contribution < 1.29 is 0 Å². The van der Waals surface area contributed by atoms with Crippen LogP contribution in [-0.2, 0) is 0 Å². The van der Waals surface area contributed by atoms with Crippen LogP contribution in [0.15, 0.2) is 173 Å². The number of benzene rings is 7. The Morgan fingerprint density at radius 3 is 1.91 bits per heavy atom. The Morgan fingerprint density at radius 1 is 0.511 bits per heavy atom. The van der Waals surface area contributed by atoms with Gasteiger partial charge >= 0.3 is 0 Å². The first-order valence-electron chi connectivity index (χ1n) is 15.9. The van der Waals surface area contributed by atoms with E-state index in [0.717, 1.165) is 28.4 Å². The lowest BCUT2D eigenvalue weighted by Gasteiger charge is -2.24. The summed E-state index contributed by atoms with van der Waals surface area (Å²) < 4.78 is 0. The Morgan fingerprint density at radius 2 is 1.15 bits per heavy atom. The van der Waals surface area contributed by atoms with E-state index in [1.165, 1.54) is 48.8 Å². The summed E-state index contributed by atoms with van der Waals surface area (Å²) in [5.41, 5.74) is 7.98. The van der Waals surface area contributed by atoms with E-state index >= 15 is 0 Å². The molecule has 2 heterocycles. The summed E-state index contributed by atoms with van der Waals surface area (Å²) >= 11 is 1.88. The van der Waals surface area contributed by atoms with E-state index in [2.05, 4.69) is 144 Å². The molecule has 2 unspecified atom stereocenters. The van der Waals surface area contributed by atoms with Crippen molar-refractivity contribution in [2.45, 2.75) is 16.4 Å². The predicted molar refractivity (Wildman–Crippen MR) is 197 cm³/mol. The normalized spacial score (nSPS) is 17.0. The minimum absolute atomic E-state index is 0.197. The molecule has 0 saturated heterocycles. The zero-order chi connectivity index (χ0) is 31.2. The van der Waals surface area contributed by atoms with E-state index < -0.39 is 0 Å². The van der Waals surface area contributed by atoms with E-state index in [9.17, 15) is 0 Å². The van der Waals surface area contributed by atoms with Crippen LogP contribution in [-0.4, -0.2) is 11.7 Å². The summed E-state index contributed by atoms with van der Waals surface area (Å²) in [7, 11) is 0. The van der Waals surface area contributed by atoms with Gasteiger partial charge in [0, 0.05) is 21.4 Å². The molecule has 224 valence electrons. The van der Waals surface area contributed by atoms with Gasteiger partial charge in [-0.1, -0.05) is 157 Å². The molecule has 0 spiro atoms. The van der Waals surface area contributed by atoms with Crippen molar-refractivity contribution in [3.8, 4) is 11.1 Å². The Balaban J connectivity index is 1.10. The van der Waals surface area contributed by atoms with Crippen LogP contribution in [0.5, 0.6) is 0 Å². The van der Waals surface area contributed by atoms with Crippen LogP contribution >= 0.6 is 11.8 Å². The number of hydrogen-bond acceptors (Lipinski definition) is 5. The molecule has 2 aliphatic heterocycles. The third-order valence-corrected chi connectivity index (χ3v) is 10.2. The van der Waals surface area contributed by atoms with E-state index in [1.54, 1.807) is 0 Å². The van der Waals surface area contributed by atoms with Gasteiger partial charge in [0.15, 0.2) is 5.84 Å². The summed E-state index contributed by atoms with van der Waals surface area (Å²) in [6, 6.07) is 55.6. The SMILES string of the molecule is c1ccc(C2=NC(c3ccc(-c4ccccc4)cc3)=NC(c3ccc4c(ccc5ccc6c(c54)NC(c4ccccc4)S6)c3)N2)cc1. The van der Waals surface area contributed by atoms with Crippen LogP contribution in [0.25, 0.3) is 32.7 Å². The molecule has 0 aliphatic carbocycles. The van der Waals surface area contributed by atoms with Crippen molar-refractivity contribution in [3.05, 3.63) is 180 Å². The topological polar surface area (TPSA) is 48.8 Å². The molecule has 0 amide bonds. The van der Waals surface area contributed by atoms with Crippen LogP contribution in [0.1, 0.15) is 33.8 Å². The monoisotopic (exact) mass is 622 g/mol. The maximum absolute atomic E-state index is 5.17. The van der Waals surface area contributed by atoms with Crippen LogP contribution in [0, 0.1) is 0 Å². The zero-order valence-corrected chi connectivity index (χ0v) is 26.3. The average molecular weight is 623 g/mol. The Kier molecular flexibility index (Phi) is 6.83. The van der Waals surface area contributed by atoms with Crippen molar-refractivity contribution in [1.82, 2.24) is 5.32 Å². The van der Waals surface area contributed by atoms with Crippen molar-refractivity contribution in [1.29, 1.82) is 0 Å². The second-order valence-corrected chi connectivity index (χ2v) is 13.1. The highest BCUT2D eigenvalue weighted by Crippen LogP contribution is 2.50. The highest BCUT2D eigenvalue weighted by Gasteiger charge is 2.26. The summed E-state index contributed by atoms with van der Waals surface area (Å²) in [5.74, 6) is 1.54. The fourth-order valence-corrected chi connectivity index (χ4v) is 7.72. The molecule has 0 radical (unpaired) electrons. The van der Waals surface area contributed by atoms with Crippen molar-refractivity contribution >= 4 is 50.7 Å². The van der Waals surface area contributed by atoms with Gasteiger partial charge in [-0.15, -0.1) is 0 Å². The molecule has 0 saturated carbocycles. The standard InChI is InChI=1S/C42H30N4S/c1-4-10-27(11-5-1)28-16-19-31(20-17-28)40-44-39(30-12-6-2-7-13-30)45-41(46-40)34-22-24-35-33(26-34)21-18-29-23-25-36-38(37(29)35)43-42(47-36)32-14-8-3-9-15-32/h1-26,41-43H,(H,44,45,46). The molecule has 2 N–H and O–H groups in total. The number of thioether (sulfide) groups is 1. The van der Waals surface area contributed by atoms with Gasteiger partial charge in [-0.25, -0.2) is 9.98 Å². The number of rotatable bonds is 5. The lowest BCUT2D eigenvalue weighted by Crippen LogP contribution is -2.33. The fraction of sp³-hybridized carbons (Fsp3) is 0.0476. The maximum atomic E-state index is 5.17. The molecule has 4 nitrogen and oxygen atoms in total. The van der Waals surface area contributed by atoms with Crippen LogP contribution in [0.3, 0.4) is 0 Å². The van der Waals surface area contributed by atoms with Gasteiger partial charge < -0.3 is 10.6 Å². The van der Waals surface area contributed by atoms with E-state index in [4.69, 9.17) is 9.98 Å². The molecule has 9 rings (SSSR count). The molecule has 0 bridgehead atoms. The van der Waals surface area contributed by atoms with Crippen molar-refractivity contribution in [2.75, 3.05) is 5.32 Å². The number of amidine groups is 2. The van der Waals surface area contributed by atoms with Crippen molar-refractivity contribution in [3.63, 3.8) is 0 Å². The number of aliphatic imine (C=N–C) groups is 2. The minimum Gasteiger partial charge on any atom is -0.368 e. The largest absolute Gasteiger partial charge is 0.368 e. The molecule has 2 aliphatic rings. The highest BCUT2D eigenvalue weighted by atomic mass is 32.2. The van der Waals surface area contributed by atoms with E-state index in [1.807, 2.05) is 36.0 Å². The summed E-state index contributed by atoms with van der Waals surface area (Å²) in [6.07, 6.45) is -0.288. The van der Waals surface area contributed by atoms with Gasteiger partial charge in [0.2, 0.25) is 0 Å². The van der Waals surface area contributed by atoms with E-state index in [-0.39, 0.29) is 11.5 Å². The average Bonchev–Trinajstić information content (AvgIpc) is 3.60. The molecular weight excluding hydrogens is 593 g/mol. The van der Waals surface area contributed by atoms with Crippen LogP contribution in [0.4, 0.5) is 5.69 Å². The van der Waals surface area contributed by atoms with Crippen LogP contribution < -0.4 is 10.6 Å². The third kappa shape index (κ3) is 5.15. The zero-order valence-electron chi connectivity index (χ0n) is 25.5. The molecule has 5 heteroatoms. The van der Waals surface area contributed by atoms with Gasteiger partial charge in [0.05, 0.1) is 5.69 Å². The first kappa shape index (κ1) is 27.6. The third-order valence-electron chi connectivity index (χ3n) is 8.97. The fourth-order valence-electron chi connectivity index (χ4n) is 6.57. The number of anilines is 1. The second kappa shape index (κ2) is 11.6. The first-order valence-corrected chi connectivity index (χ1v) is 16.8. The molecule has 7 aromatic rings. The molecule has 2 atom stereocenters. The summed E-state index contributed by atoms with van der Waals surface area (Å²) in [5, 5.41) is 12.6. The minimum atomic E-state index is -0.288. The lowest BCUT2D eigenvalue weighted by molar-refractivity contribution is 0.675. The second-order valence-electron chi connectivity index (χ2n) is 11.9. The van der Waals surface area contributed by atoms with Gasteiger partial charge in [0.1, 0.15) is 17.4 Å².